The molecule has 1 aliphatic rings. The fourth-order valence-corrected chi connectivity index (χ4v) is 9.28. The Morgan fingerprint density at radius 2 is 1.35 bits per heavy atom. The van der Waals surface area contributed by atoms with E-state index in [2.05, 4.69) is 72.7 Å². The van der Waals surface area contributed by atoms with Crippen LogP contribution in [-0.4, -0.2) is 4.98 Å². The van der Waals surface area contributed by atoms with Crippen LogP contribution in [0, 0.1) is 20.8 Å². The molecule has 1 unspecified atom stereocenters. The summed E-state index contributed by atoms with van der Waals surface area (Å²) in [6.07, 6.45) is 1.71. The van der Waals surface area contributed by atoms with Gasteiger partial charge in [0, 0.05) is 44.9 Å². The maximum atomic E-state index is 15.1. The minimum absolute atomic E-state index is 0.594. The predicted molar refractivity (Wildman–Crippen MR) is 179 cm³/mol. The molecule has 0 saturated carbocycles. The molecule has 0 spiro atoms. The third-order valence-electron chi connectivity index (χ3n) is 8.32. The van der Waals surface area contributed by atoms with Gasteiger partial charge in [-0.15, -0.1) is 0 Å². The van der Waals surface area contributed by atoms with Gasteiger partial charge in [-0.2, -0.15) is 0 Å². The van der Waals surface area contributed by atoms with E-state index in [0.717, 1.165) is 66.7 Å². The smallest absolute Gasteiger partial charge is 0.190 e. The van der Waals surface area contributed by atoms with Crippen molar-refractivity contribution in [3.05, 3.63) is 144 Å². The summed E-state index contributed by atoms with van der Waals surface area (Å²) in [6, 6.07) is 40.5. The standard InChI is InChI=1S/C38H31N2O2P/c1-25-13-11-17-29(28-14-5-4-6-15-28)37(25)40-32-18-12-19-33(26(32)2)42-34-23-22-31-30-16-7-8-20-35(30)43(41,38(31)27(34)3)36-21-9-10-24-39-36/h4-24,40H,1-3H3. The van der Waals surface area contributed by atoms with E-state index in [-0.39, 0.29) is 0 Å². The number of aromatic nitrogens is 1. The number of ether oxygens (including phenoxy) is 1. The Labute approximate surface area is 252 Å². The second kappa shape index (κ2) is 10.7. The van der Waals surface area contributed by atoms with E-state index in [1.807, 2.05) is 79.7 Å². The number of hydrogen-bond donors (Lipinski definition) is 1. The molecule has 1 aliphatic heterocycles. The van der Waals surface area contributed by atoms with Gasteiger partial charge in [0.1, 0.15) is 16.9 Å². The molecule has 5 heteroatoms. The Kier molecular flexibility index (Phi) is 6.72. The Morgan fingerprint density at radius 1 is 0.628 bits per heavy atom. The summed E-state index contributed by atoms with van der Waals surface area (Å²) < 4.78 is 21.7. The summed E-state index contributed by atoms with van der Waals surface area (Å²) in [5, 5.41) is 5.35. The van der Waals surface area contributed by atoms with Crippen LogP contribution in [0.3, 0.4) is 0 Å². The second-order valence-electron chi connectivity index (χ2n) is 10.9. The Bertz CT molecular complexity index is 2040. The maximum Gasteiger partial charge on any atom is 0.190 e. The molecule has 0 amide bonds. The average molecular weight is 579 g/mol. The van der Waals surface area contributed by atoms with Gasteiger partial charge in [-0.25, -0.2) is 0 Å². The summed E-state index contributed by atoms with van der Waals surface area (Å²) in [6.45, 7) is 6.19. The summed E-state index contributed by atoms with van der Waals surface area (Å²) in [4.78, 5) is 4.57. The van der Waals surface area contributed by atoms with Gasteiger partial charge < -0.3 is 14.6 Å². The first-order valence-corrected chi connectivity index (χ1v) is 16.1. The first-order chi connectivity index (χ1) is 21.0. The van der Waals surface area contributed by atoms with Crippen molar-refractivity contribution < 1.29 is 9.30 Å². The number of rotatable bonds is 6. The van der Waals surface area contributed by atoms with E-state index < -0.39 is 7.14 Å². The monoisotopic (exact) mass is 578 g/mol. The quantitative estimate of drug-likeness (QED) is 0.200. The zero-order valence-electron chi connectivity index (χ0n) is 24.3. The molecule has 0 saturated heterocycles. The highest BCUT2D eigenvalue weighted by Gasteiger charge is 2.43. The number of hydrogen-bond acceptors (Lipinski definition) is 4. The van der Waals surface area contributed by atoms with Crippen molar-refractivity contribution in [1.82, 2.24) is 4.98 Å². The van der Waals surface area contributed by atoms with Crippen molar-refractivity contribution in [2.45, 2.75) is 20.8 Å². The van der Waals surface area contributed by atoms with E-state index in [1.54, 1.807) is 6.20 Å². The Hall–Kier alpha value is -4.92. The SMILES string of the molecule is Cc1cccc(-c2ccccc2)c1Nc1cccc(Oc2ccc3c(c2C)P(=O)(c2ccccn2)c2ccccc2-3)c1C. The molecule has 0 bridgehead atoms. The molecule has 1 aromatic heterocycles. The molecule has 43 heavy (non-hydrogen) atoms. The van der Waals surface area contributed by atoms with E-state index in [1.165, 1.54) is 0 Å². The van der Waals surface area contributed by atoms with Crippen molar-refractivity contribution >= 4 is 34.6 Å². The minimum atomic E-state index is -3.18. The molecule has 2 heterocycles. The van der Waals surface area contributed by atoms with E-state index in [9.17, 15) is 0 Å². The zero-order valence-corrected chi connectivity index (χ0v) is 25.2. The topological polar surface area (TPSA) is 51.2 Å². The highest BCUT2D eigenvalue weighted by atomic mass is 31.2. The van der Waals surface area contributed by atoms with Gasteiger partial charge in [-0.1, -0.05) is 84.9 Å². The van der Waals surface area contributed by atoms with Crippen LogP contribution in [0.15, 0.2) is 128 Å². The van der Waals surface area contributed by atoms with Gasteiger partial charge in [0.25, 0.3) is 0 Å². The van der Waals surface area contributed by atoms with Gasteiger partial charge in [0.2, 0.25) is 0 Å². The van der Waals surface area contributed by atoms with Crippen LogP contribution in [0.2, 0.25) is 0 Å². The summed E-state index contributed by atoms with van der Waals surface area (Å²) >= 11 is 0. The van der Waals surface area contributed by atoms with Crippen LogP contribution in [0.5, 0.6) is 11.5 Å². The molecule has 6 aromatic rings. The molecule has 7 rings (SSSR count). The van der Waals surface area contributed by atoms with Crippen LogP contribution < -0.4 is 26.1 Å². The Morgan fingerprint density at radius 3 is 2.16 bits per heavy atom. The molecule has 1 atom stereocenters. The highest BCUT2D eigenvalue weighted by Crippen LogP contribution is 2.53. The van der Waals surface area contributed by atoms with Crippen molar-refractivity contribution in [2.75, 3.05) is 5.32 Å². The number of anilines is 2. The van der Waals surface area contributed by atoms with E-state index in [4.69, 9.17) is 4.74 Å². The van der Waals surface area contributed by atoms with Crippen molar-refractivity contribution in [3.8, 4) is 33.8 Å². The summed E-state index contributed by atoms with van der Waals surface area (Å²) in [7, 11) is -3.18. The zero-order chi connectivity index (χ0) is 29.6. The number of nitrogens with one attached hydrogen (secondary N) is 1. The van der Waals surface area contributed by atoms with Crippen LogP contribution >= 0.6 is 7.14 Å². The third kappa shape index (κ3) is 4.47. The van der Waals surface area contributed by atoms with Crippen molar-refractivity contribution in [1.29, 1.82) is 0 Å². The lowest BCUT2D eigenvalue weighted by Crippen LogP contribution is -2.24. The maximum absolute atomic E-state index is 15.1. The molecule has 1 N–H and O–H groups in total. The number of fused-ring (bicyclic) bond motifs is 3. The second-order valence-corrected chi connectivity index (χ2v) is 13.5. The summed E-state index contributed by atoms with van der Waals surface area (Å²) in [5.74, 6) is 1.43. The molecule has 210 valence electrons. The first-order valence-electron chi connectivity index (χ1n) is 14.4. The fraction of sp³-hybridized carbons (Fsp3) is 0.0789. The predicted octanol–water partition coefficient (Wildman–Crippen LogP) is 8.83. The van der Waals surface area contributed by atoms with E-state index in [0.29, 0.717) is 11.2 Å². The van der Waals surface area contributed by atoms with Crippen molar-refractivity contribution in [3.63, 3.8) is 0 Å². The largest absolute Gasteiger partial charge is 0.457 e. The number of para-hydroxylation sites is 1. The lowest BCUT2D eigenvalue weighted by atomic mass is 10.00. The van der Waals surface area contributed by atoms with Crippen LogP contribution in [-0.2, 0) is 4.57 Å². The molecule has 0 radical (unpaired) electrons. The van der Waals surface area contributed by atoms with E-state index >= 15 is 4.57 Å². The first kappa shape index (κ1) is 26.9. The molecule has 0 fully saturated rings. The van der Waals surface area contributed by atoms with Gasteiger partial charge in [0.05, 0.1) is 0 Å². The Balaban J connectivity index is 1.28. The lowest BCUT2D eigenvalue weighted by Gasteiger charge is -2.20. The van der Waals surface area contributed by atoms with Crippen LogP contribution in [0.1, 0.15) is 16.7 Å². The number of aryl methyl sites for hydroxylation is 1. The number of nitrogens with zero attached hydrogens (tertiary/aromatic N) is 1. The van der Waals surface area contributed by atoms with Gasteiger partial charge >= 0.3 is 0 Å². The molecule has 0 aliphatic carbocycles. The van der Waals surface area contributed by atoms with Gasteiger partial charge in [0.15, 0.2) is 7.14 Å². The normalized spacial score (nSPS) is 15.0. The van der Waals surface area contributed by atoms with Crippen molar-refractivity contribution in [2.24, 2.45) is 0 Å². The number of pyridine rings is 1. The van der Waals surface area contributed by atoms with Gasteiger partial charge in [-0.3, -0.25) is 4.98 Å². The van der Waals surface area contributed by atoms with Crippen LogP contribution in [0.25, 0.3) is 22.3 Å². The fourth-order valence-electron chi connectivity index (χ4n) is 6.10. The summed E-state index contributed by atoms with van der Waals surface area (Å²) in [5.41, 5.74) is 9.92. The molecule has 4 nitrogen and oxygen atoms in total. The van der Waals surface area contributed by atoms with Crippen LogP contribution in [0.4, 0.5) is 11.4 Å². The van der Waals surface area contributed by atoms with Gasteiger partial charge in [-0.05, 0) is 79.4 Å². The highest BCUT2D eigenvalue weighted by molar-refractivity contribution is 7.86. The molecular formula is C38H31N2O2P. The lowest BCUT2D eigenvalue weighted by molar-refractivity contribution is 0.476. The molecule has 5 aromatic carbocycles. The minimum Gasteiger partial charge on any atom is -0.457 e. The average Bonchev–Trinajstić information content (AvgIpc) is 3.31. The molecular weight excluding hydrogens is 547 g/mol. The number of benzene rings is 5. The third-order valence-corrected chi connectivity index (χ3v) is 11.5.